The van der Waals surface area contributed by atoms with E-state index in [2.05, 4.69) is 26.4 Å². The van der Waals surface area contributed by atoms with Crippen molar-refractivity contribution in [3.63, 3.8) is 0 Å². The van der Waals surface area contributed by atoms with Crippen LogP contribution in [-0.4, -0.2) is 51.9 Å². The van der Waals surface area contributed by atoms with E-state index in [1.54, 1.807) is 0 Å². The molecule has 1 saturated heterocycles. The topological polar surface area (TPSA) is 41.4 Å². The van der Waals surface area contributed by atoms with Crippen molar-refractivity contribution in [1.29, 1.82) is 0 Å². The van der Waals surface area contributed by atoms with E-state index in [0.29, 0.717) is 17.7 Å². The Morgan fingerprint density at radius 1 is 1.29 bits per heavy atom. The first-order valence-corrected chi connectivity index (χ1v) is 8.11. The van der Waals surface area contributed by atoms with Crippen LogP contribution in [0.5, 0.6) is 0 Å². The normalized spacial score (nSPS) is 33.2. The van der Waals surface area contributed by atoms with E-state index in [1.165, 1.54) is 12.8 Å². The molecule has 0 bridgehead atoms. The third-order valence-corrected chi connectivity index (χ3v) is 5.50. The Morgan fingerprint density at radius 3 is 2.76 bits per heavy atom. The molecule has 3 atom stereocenters. The fraction of sp³-hybridized carbons (Fsp3) is 0.750. The van der Waals surface area contributed by atoms with Crippen molar-refractivity contribution in [1.82, 2.24) is 19.4 Å². The third-order valence-electron chi connectivity index (χ3n) is 5.50. The molecule has 2 aliphatic carbocycles. The van der Waals surface area contributed by atoms with Gasteiger partial charge in [0.05, 0.1) is 6.04 Å². The first-order chi connectivity index (χ1) is 10.1. The SMILES string of the molecule is CN1CCN(C(=O)[C@@H]2C[C@H]2C2CC2)C[C@H]1c1nccn1C. The molecule has 4 rings (SSSR count). The number of likely N-dealkylation sites (N-methyl/N-ethyl adjacent to an activating group) is 1. The molecule has 2 heterocycles. The van der Waals surface area contributed by atoms with Gasteiger partial charge in [-0.15, -0.1) is 0 Å². The van der Waals surface area contributed by atoms with Gasteiger partial charge in [-0.2, -0.15) is 0 Å². The van der Waals surface area contributed by atoms with Crippen LogP contribution in [0.3, 0.4) is 0 Å². The second kappa shape index (κ2) is 4.83. The van der Waals surface area contributed by atoms with Crippen molar-refractivity contribution in [3.8, 4) is 0 Å². The van der Waals surface area contributed by atoms with Gasteiger partial charge in [-0.1, -0.05) is 0 Å². The second-order valence-electron chi connectivity index (χ2n) is 7.02. The molecular weight excluding hydrogens is 264 g/mol. The first-order valence-electron chi connectivity index (χ1n) is 8.11. The summed E-state index contributed by atoms with van der Waals surface area (Å²) in [4.78, 5) is 21.6. The number of piperazine rings is 1. The van der Waals surface area contributed by atoms with Crippen LogP contribution < -0.4 is 0 Å². The molecule has 5 heteroatoms. The van der Waals surface area contributed by atoms with Gasteiger partial charge in [-0.3, -0.25) is 9.69 Å². The van der Waals surface area contributed by atoms with Gasteiger partial charge in [0.25, 0.3) is 0 Å². The van der Waals surface area contributed by atoms with Crippen molar-refractivity contribution in [2.24, 2.45) is 24.8 Å². The number of rotatable bonds is 3. The highest BCUT2D eigenvalue weighted by molar-refractivity contribution is 5.82. The first kappa shape index (κ1) is 13.3. The van der Waals surface area contributed by atoms with Gasteiger partial charge in [0.15, 0.2) is 0 Å². The molecule has 114 valence electrons. The Morgan fingerprint density at radius 2 is 2.10 bits per heavy atom. The molecule has 1 aromatic rings. The van der Waals surface area contributed by atoms with Gasteiger partial charge in [-0.25, -0.2) is 4.98 Å². The van der Waals surface area contributed by atoms with Crippen LogP contribution in [-0.2, 0) is 11.8 Å². The Bertz CT molecular complexity index is 550. The van der Waals surface area contributed by atoms with Gasteiger partial charge in [-0.05, 0) is 38.1 Å². The standard InChI is InChI=1S/C16H24N4O/c1-18-7-8-20(10-14(18)15-17-5-6-19(15)2)16(21)13-9-12(13)11-3-4-11/h5-6,11-14H,3-4,7-10H2,1-2H3/t12-,13+,14-/m0/s1. The number of carbonyl (C=O) groups is 1. The fourth-order valence-corrected chi connectivity index (χ4v) is 3.83. The summed E-state index contributed by atoms with van der Waals surface area (Å²) in [7, 11) is 4.16. The van der Waals surface area contributed by atoms with E-state index in [-0.39, 0.29) is 6.04 Å². The van der Waals surface area contributed by atoms with Crippen molar-refractivity contribution in [3.05, 3.63) is 18.2 Å². The molecule has 0 spiro atoms. The molecule has 1 aliphatic heterocycles. The number of carbonyl (C=O) groups excluding carboxylic acids is 1. The largest absolute Gasteiger partial charge is 0.339 e. The maximum Gasteiger partial charge on any atom is 0.226 e. The average Bonchev–Trinajstić information content (AvgIpc) is 3.36. The fourth-order valence-electron chi connectivity index (χ4n) is 3.83. The third kappa shape index (κ3) is 2.37. The molecule has 0 N–H and O–H groups in total. The lowest BCUT2D eigenvalue weighted by atomic mass is 10.1. The highest BCUT2D eigenvalue weighted by Crippen LogP contribution is 2.55. The van der Waals surface area contributed by atoms with E-state index >= 15 is 0 Å². The molecule has 5 nitrogen and oxygen atoms in total. The van der Waals surface area contributed by atoms with Crippen molar-refractivity contribution < 1.29 is 4.79 Å². The predicted molar refractivity (Wildman–Crippen MR) is 79.5 cm³/mol. The molecule has 3 aliphatic rings. The van der Waals surface area contributed by atoms with E-state index in [0.717, 1.165) is 37.8 Å². The minimum atomic E-state index is 0.223. The zero-order valence-corrected chi connectivity index (χ0v) is 12.9. The highest BCUT2D eigenvalue weighted by Gasteiger charge is 2.52. The summed E-state index contributed by atoms with van der Waals surface area (Å²) in [6, 6.07) is 0.223. The lowest BCUT2D eigenvalue weighted by Crippen LogP contribution is -2.50. The molecule has 1 aromatic heterocycles. The number of imidazole rings is 1. The van der Waals surface area contributed by atoms with E-state index in [4.69, 9.17) is 0 Å². The monoisotopic (exact) mass is 288 g/mol. The predicted octanol–water partition coefficient (Wildman–Crippen LogP) is 1.28. The van der Waals surface area contributed by atoms with E-state index in [9.17, 15) is 4.79 Å². The van der Waals surface area contributed by atoms with Gasteiger partial charge < -0.3 is 9.47 Å². The van der Waals surface area contributed by atoms with Gasteiger partial charge in [0.1, 0.15) is 5.82 Å². The summed E-state index contributed by atoms with van der Waals surface area (Å²) in [5.41, 5.74) is 0. The highest BCUT2D eigenvalue weighted by atomic mass is 16.2. The molecule has 21 heavy (non-hydrogen) atoms. The lowest BCUT2D eigenvalue weighted by Gasteiger charge is -2.39. The van der Waals surface area contributed by atoms with Gasteiger partial charge >= 0.3 is 0 Å². The van der Waals surface area contributed by atoms with Crippen LogP contribution in [0.4, 0.5) is 0 Å². The number of aryl methyl sites for hydroxylation is 1. The zero-order chi connectivity index (χ0) is 14.6. The van der Waals surface area contributed by atoms with Crippen LogP contribution >= 0.6 is 0 Å². The summed E-state index contributed by atoms with van der Waals surface area (Å²) in [6.45, 7) is 2.59. The Balaban J connectivity index is 1.45. The molecule has 1 amide bonds. The number of aromatic nitrogens is 2. The maximum absolute atomic E-state index is 12.7. The Hall–Kier alpha value is -1.36. The smallest absolute Gasteiger partial charge is 0.226 e. The number of amides is 1. The molecule has 0 radical (unpaired) electrons. The van der Waals surface area contributed by atoms with Crippen molar-refractivity contribution >= 4 is 5.91 Å². The van der Waals surface area contributed by atoms with Gasteiger partial charge in [0.2, 0.25) is 5.91 Å². The Kier molecular flexibility index (Phi) is 3.06. The molecule has 2 saturated carbocycles. The summed E-state index contributed by atoms with van der Waals surface area (Å²) >= 11 is 0. The van der Waals surface area contributed by atoms with E-state index in [1.807, 2.05) is 19.4 Å². The van der Waals surface area contributed by atoms with Crippen molar-refractivity contribution in [2.45, 2.75) is 25.3 Å². The summed E-state index contributed by atoms with van der Waals surface area (Å²) in [5.74, 6) is 3.38. The number of nitrogens with zero attached hydrogens (tertiary/aromatic N) is 4. The van der Waals surface area contributed by atoms with Crippen LogP contribution in [0.2, 0.25) is 0 Å². The maximum atomic E-state index is 12.7. The van der Waals surface area contributed by atoms with Crippen LogP contribution in [0, 0.1) is 17.8 Å². The number of hydrogen-bond acceptors (Lipinski definition) is 3. The summed E-state index contributed by atoms with van der Waals surface area (Å²) in [5, 5.41) is 0. The molecule has 3 fully saturated rings. The van der Waals surface area contributed by atoms with E-state index < -0.39 is 0 Å². The Labute approximate surface area is 125 Å². The second-order valence-corrected chi connectivity index (χ2v) is 7.02. The number of hydrogen-bond donors (Lipinski definition) is 0. The minimum Gasteiger partial charge on any atom is -0.339 e. The zero-order valence-electron chi connectivity index (χ0n) is 12.9. The van der Waals surface area contributed by atoms with Crippen LogP contribution in [0.25, 0.3) is 0 Å². The quantitative estimate of drug-likeness (QED) is 0.841. The van der Waals surface area contributed by atoms with Crippen LogP contribution in [0.1, 0.15) is 31.1 Å². The molecule has 0 aromatic carbocycles. The van der Waals surface area contributed by atoms with Crippen molar-refractivity contribution in [2.75, 3.05) is 26.7 Å². The molecular formula is C16H24N4O. The van der Waals surface area contributed by atoms with Crippen LogP contribution in [0.15, 0.2) is 12.4 Å². The molecule has 0 unspecified atom stereocenters. The average molecular weight is 288 g/mol. The summed E-state index contributed by atoms with van der Waals surface area (Å²) in [6.07, 6.45) is 7.67. The van der Waals surface area contributed by atoms with Gasteiger partial charge in [0, 0.05) is 45.0 Å². The summed E-state index contributed by atoms with van der Waals surface area (Å²) < 4.78 is 2.07. The lowest BCUT2D eigenvalue weighted by molar-refractivity contribution is -0.136. The minimum absolute atomic E-state index is 0.223.